The van der Waals surface area contributed by atoms with E-state index in [0.29, 0.717) is 17.2 Å². The molecule has 0 amide bonds. The van der Waals surface area contributed by atoms with Crippen LogP contribution in [-0.2, 0) is 0 Å². The van der Waals surface area contributed by atoms with Crippen LogP contribution in [0, 0.1) is 13.8 Å². The maximum absolute atomic E-state index is 5.74. The Morgan fingerprint density at radius 3 is 2.45 bits per heavy atom. The maximum Gasteiger partial charge on any atom is 0.222 e. The largest absolute Gasteiger partial charge is 0.493 e. The minimum absolute atomic E-state index is 0.0601. The van der Waals surface area contributed by atoms with Gasteiger partial charge >= 0.3 is 0 Å². The molecule has 4 rings (SSSR count). The summed E-state index contributed by atoms with van der Waals surface area (Å²) in [4.78, 5) is 4.42. The highest BCUT2D eigenvalue weighted by Crippen LogP contribution is 2.46. The SMILES string of the molecule is COc1ccc([C@@H]2C[C@H](c3ccc(C)c(C)c3)Nc3ncnn32)c(OC)c1OC. The molecule has 3 aromatic rings. The molecule has 2 atom stereocenters. The number of ether oxygens (including phenoxy) is 3. The Kier molecular flexibility index (Phi) is 5.05. The predicted molar refractivity (Wildman–Crippen MR) is 111 cm³/mol. The van der Waals surface area contributed by atoms with Gasteiger partial charge in [0.05, 0.1) is 33.4 Å². The molecule has 152 valence electrons. The van der Waals surface area contributed by atoms with Crippen LogP contribution >= 0.6 is 0 Å². The molecule has 29 heavy (non-hydrogen) atoms. The van der Waals surface area contributed by atoms with Crippen LogP contribution < -0.4 is 19.5 Å². The van der Waals surface area contributed by atoms with Gasteiger partial charge < -0.3 is 19.5 Å². The van der Waals surface area contributed by atoms with Crippen molar-refractivity contribution in [2.75, 3.05) is 26.6 Å². The number of rotatable bonds is 5. The Morgan fingerprint density at radius 1 is 0.966 bits per heavy atom. The van der Waals surface area contributed by atoms with E-state index in [1.807, 2.05) is 16.8 Å². The fourth-order valence-electron chi connectivity index (χ4n) is 3.97. The van der Waals surface area contributed by atoms with Gasteiger partial charge in [0.15, 0.2) is 11.5 Å². The molecule has 0 aliphatic carbocycles. The Hall–Kier alpha value is -3.22. The zero-order chi connectivity index (χ0) is 20.5. The molecular weight excluding hydrogens is 368 g/mol. The summed E-state index contributed by atoms with van der Waals surface area (Å²) in [6.07, 6.45) is 2.37. The summed E-state index contributed by atoms with van der Waals surface area (Å²) in [5, 5.41) is 7.98. The lowest BCUT2D eigenvalue weighted by Crippen LogP contribution is -2.28. The first-order valence-corrected chi connectivity index (χ1v) is 9.59. The number of fused-ring (bicyclic) bond motifs is 1. The third kappa shape index (κ3) is 3.26. The van der Waals surface area contributed by atoms with Gasteiger partial charge in [-0.2, -0.15) is 10.1 Å². The molecule has 1 N–H and O–H groups in total. The fraction of sp³-hybridized carbons (Fsp3) is 0.364. The first-order valence-electron chi connectivity index (χ1n) is 9.59. The summed E-state index contributed by atoms with van der Waals surface area (Å²) in [5.74, 6) is 2.60. The lowest BCUT2D eigenvalue weighted by molar-refractivity contribution is 0.315. The summed E-state index contributed by atoms with van der Waals surface area (Å²) in [5.41, 5.74) is 4.77. The third-order valence-electron chi connectivity index (χ3n) is 5.66. The third-order valence-corrected chi connectivity index (χ3v) is 5.66. The lowest BCUT2D eigenvalue weighted by Gasteiger charge is -2.33. The second-order valence-electron chi connectivity index (χ2n) is 7.24. The Bertz CT molecular complexity index is 1030. The van der Waals surface area contributed by atoms with Crippen molar-refractivity contribution in [3.63, 3.8) is 0 Å². The molecule has 1 aromatic heterocycles. The highest BCUT2D eigenvalue weighted by Gasteiger charge is 2.33. The molecule has 2 heterocycles. The average Bonchev–Trinajstić information content (AvgIpc) is 3.22. The van der Waals surface area contributed by atoms with Crippen LogP contribution in [0.1, 0.15) is 40.8 Å². The lowest BCUT2D eigenvalue weighted by atomic mass is 9.91. The van der Waals surface area contributed by atoms with Crippen molar-refractivity contribution in [1.29, 1.82) is 0 Å². The predicted octanol–water partition coefficient (Wildman–Crippen LogP) is 4.07. The maximum atomic E-state index is 5.74. The average molecular weight is 394 g/mol. The monoisotopic (exact) mass is 394 g/mol. The van der Waals surface area contributed by atoms with Gasteiger partial charge in [-0.25, -0.2) is 4.68 Å². The second-order valence-corrected chi connectivity index (χ2v) is 7.24. The van der Waals surface area contributed by atoms with Crippen LogP contribution in [0.5, 0.6) is 17.2 Å². The number of aromatic nitrogens is 3. The molecule has 1 aliphatic heterocycles. The normalized spacial score (nSPS) is 18.0. The molecule has 0 radical (unpaired) electrons. The molecule has 0 unspecified atom stereocenters. The van der Waals surface area contributed by atoms with E-state index in [9.17, 15) is 0 Å². The van der Waals surface area contributed by atoms with Crippen LogP contribution in [0.4, 0.5) is 5.95 Å². The Morgan fingerprint density at radius 2 is 1.76 bits per heavy atom. The van der Waals surface area contributed by atoms with Crippen molar-refractivity contribution < 1.29 is 14.2 Å². The molecule has 0 spiro atoms. The van der Waals surface area contributed by atoms with E-state index < -0.39 is 0 Å². The van der Waals surface area contributed by atoms with Crippen molar-refractivity contribution in [1.82, 2.24) is 14.8 Å². The van der Waals surface area contributed by atoms with E-state index in [0.717, 1.165) is 17.9 Å². The number of hydrogen-bond acceptors (Lipinski definition) is 6. The van der Waals surface area contributed by atoms with E-state index in [4.69, 9.17) is 14.2 Å². The number of anilines is 1. The summed E-state index contributed by atoms with van der Waals surface area (Å²) >= 11 is 0. The Labute approximate surface area is 170 Å². The number of hydrogen-bond donors (Lipinski definition) is 1. The molecule has 0 saturated heterocycles. The van der Waals surface area contributed by atoms with Crippen molar-refractivity contribution >= 4 is 5.95 Å². The second kappa shape index (κ2) is 7.66. The number of benzene rings is 2. The van der Waals surface area contributed by atoms with E-state index >= 15 is 0 Å². The summed E-state index contributed by atoms with van der Waals surface area (Å²) in [7, 11) is 4.88. The van der Waals surface area contributed by atoms with Gasteiger partial charge in [-0.15, -0.1) is 0 Å². The van der Waals surface area contributed by atoms with E-state index in [1.165, 1.54) is 16.7 Å². The first kappa shape index (κ1) is 19.1. The molecular formula is C22H26N4O3. The van der Waals surface area contributed by atoms with Crippen molar-refractivity contribution in [2.45, 2.75) is 32.4 Å². The van der Waals surface area contributed by atoms with E-state index in [1.54, 1.807) is 27.7 Å². The molecule has 0 saturated carbocycles. The van der Waals surface area contributed by atoms with E-state index in [2.05, 4.69) is 47.4 Å². The molecule has 7 heteroatoms. The van der Waals surface area contributed by atoms with Gasteiger partial charge in [-0.3, -0.25) is 0 Å². The van der Waals surface area contributed by atoms with Crippen molar-refractivity contribution in [2.24, 2.45) is 0 Å². The zero-order valence-corrected chi connectivity index (χ0v) is 17.4. The van der Waals surface area contributed by atoms with Crippen molar-refractivity contribution in [3.05, 3.63) is 58.9 Å². The van der Waals surface area contributed by atoms with Crippen LogP contribution in [0.3, 0.4) is 0 Å². The molecule has 0 fully saturated rings. The zero-order valence-electron chi connectivity index (χ0n) is 17.4. The van der Waals surface area contributed by atoms with Gasteiger partial charge in [-0.05, 0) is 49.1 Å². The minimum atomic E-state index is -0.0601. The van der Waals surface area contributed by atoms with Gasteiger partial charge in [0.25, 0.3) is 0 Å². The molecule has 7 nitrogen and oxygen atoms in total. The van der Waals surface area contributed by atoms with Crippen LogP contribution in [0.2, 0.25) is 0 Å². The number of methoxy groups -OCH3 is 3. The van der Waals surface area contributed by atoms with Gasteiger partial charge in [-0.1, -0.05) is 18.2 Å². The van der Waals surface area contributed by atoms with Gasteiger partial charge in [0.1, 0.15) is 6.33 Å². The Balaban J connectivity index is 1.80. The number of aryl methyl sites for hydroxylation is 2. The fourth-order valence-corrected chi connectivity index (χ4v) is 3.97. The van der Waals surface area contributed by atoms with Crippen LogP contribution in [-0.4, -0.2) is 36.1 Å². The summed E-state index contributed by atoms with van der Waals surface area (Å²) < 4.78 is 18.7. The molecule has 0 bridgehead atoms. The smallest absolute Gasteiger partial charge is 0.222 e. The molecule has 1 aliphatic rings. The first-order chi connectivity index (χ1) is 14.1. The standard InChI is InChI=1S/C22H26N4O3/c1-13-6-7-15(10-14(13)2)17-11-18(26-22(25-17)23-12-24-26)16-8-9-19(27-3)21(29-5)20(16)28-4/h6-10,12,17-18H,11H2,1-5H3,(H,23,24,25)/t17-,18+/m1/s1. The number of nitrogens with one attached hydrogen (secondary N) is 1. The topological polar surface area (TPSA) is 70.4 Å². The number of nitrogens with zero attached hydrogens (tertiary/aromatic N) is 3. The van der Waals surface area contributed by atoms with Crippen LogP contribution in [0.25, 0.3) is 0 Å². The van der Waals surface area contributed by atoms with E-state index in [-0.39, 0.29) is 12.1 Å². The highest BCUT2D eigenvalue weighted by molar-refractivity contribution is 5.57. The summed E-state index contributed by atoms with van der Waals surface area (Å²) in [6.45, 7) is 4.26. The molecule has 2 aromatic carbocycles. The van der Waals surface area contributed by atoms with Crippen LogP contribution in [0.15, 0.2) is 36.7 Å². The van der Waals surface area contributed by atoms with Gasteiger partial charge in [0.2, 0.25) is 11.7 Å². The van der Waals surface area contributed by atoms with Crippen molar-refractivity contribution in [3.8, 4) is 17.2 Å². The quantitative estimate of drug-likeness (QED) is 0.704. The summed E-state index contributed by atoms with van der Waals surface area (Å²) in [6, 6.07) is 10.5. The van der Waals surface area contributed by atoms with Gasteiger partial charge in [0, 0.05) is 5.56 Å². The minimum Gasteiger partial charge on any atom is -0.493 e. The highest BCUT2D eigenvalue weighted by atomic mass is 16.5.